The van der Waals surface area contributed by atoms with Gasteiger partial charge in [-0.3, -0.25) is 4.79 Å². The molecule has 7 heteroatoms. The fourth-order valence-electron chi connectivity index (χ4n) is 3.09. The first-order valence-electron chi connectivity index (χ1n) is 10.7. The van der Waals surface area contributed by atoms with Crippen molar-refractivity contribution in [3.8, 4) is 17.6 Å². The van der Waals surface area contributed by atoms with Gasteiger partial charge in [0.1, 0.15) is 11.6 Å². The first-order chi connectivity index (χ1) is 15.5. The van der Waals surface area contributed by atoms with Gasteiger partial charge in [-0.05, 0) is 42.3 Å². The molecule has 2 aromatic rings. The molecule has 0 spiro atoms. The Bertz CT molecular complexity index is 984. The number of para-hydroxylation sites is 1. The third kappa shape index (κ3) is 7.78. The number of nitrogens with zero attached hydrogens (tertiary/aromatic N) is 1. The molecule has 0 heterocycles. The number of halogens is 2. The van der Waals surface area contributed by atoms with Gasteiger partial charge in [0.15, 0.2) is 11.5 Å². The van der Waals surface area contributed by atoms with E-state index in [1.54, 1.807) is 36.4 Å². The number of rotatable bonds is 12. The van der Waals surface area contributed by atoms with Gasteiger partial charge in [0.05, 0.1) is 29.4 Å². The minimum Gasteiger partial charge on any atom is -0.493 e. The van der Waals surface area contributed by atoms with Gasteiger partial charge in [0.2, 0.25) is 0 Å². The summed E-state index contributed by atoms with van der Waals surface area (Å²) in [4.78, 5) is 12.5. The van der Waals surface area contributed by atoms with Gasteiger partial charge in [-0.15, -0.1) is 0 Å². The Morgan fingerprint density at radius 3 is 2.50 bits per heavy atom. The molecule has 0 atom stereocenters. The normalized spacial score (nSPS) is 11.0. The zero-order valence-electron chi connectivity index (χ0n) is 18.4. The maximum Gasteiger partial charge on any atom is 0.266 e. The van der Waals surface area contributed by atoms with E-state index in [0.29, 0.717) is 39.4 Å². The zero-order valence-corrected chi connectivity index (χ0v) is 19.9. The molecular weight excluding hydrogens is 447 g/mol. The Hall–Kier alpha value is -2.68. The number of anilines is 1. The lowest BCUT2D eigenvalue weighted by molar-refractivity contribution is -0.112. The van der Waals surface area contributed by atoms with Crippen molar-refractivity contribution >= 4 is 40.9 Å². The number of nitrogens with one attached hydrogen (secondary N) is 1. The van der Waals surface area contributed by atoms with Crippen molar-refractivity contribution in [1.82, 2.24) is 0 Å². The predicted octanol–water partition coefficient (Wildman–Crippen LogP) is 7.29. The van der Waals surface area contributed by atoms with Gasteiger partial charge in [0, 0.05) is 0 Å². The quantitative estimate of drug-likeness (QED) is 0.199. The maximum atomic E-state index is 12.5. The highest BCUT2D eigenvalue weighted by Crippen LogP contribution is 2.37. The fourth-order valence-corrected chi connectivity index (χ4v) is 3.54. The molecule has 0 aliphatic carbocycles. The molecular formula is C25H28Cl2N2O3. The number of amides is 1. The molecule has 5 nitrogen and oxygen atoms in total. The topological polar surface area (TPSA) is 71.3 Å². The van der Waals surface area contributed by atoms with E-state index in [1.807, 2.05) is 6.07 Å². The van der Waals surface area contributed by atoms with Crippen LogP contribution < -0.4 is 14.8 Å². The molecule has 2 rings (SSSR count). The number of hydrogen-bond acceptors (Lipinski definition) is 4. The number of ether oxygens (including phenoxy) is 2. The van der Waals surface area contributed by atoms with E-state index in [9.17, 15) is 10.1 Å². The molecule has 0 saturated heterocycles. The molecule has 1 N–H and O–H groups in total. The number of unbranched alkanes of at least 4 members (excludes halogenated alkanes) is 5. The lowest BCUT2D eigenvalue weighted by Gasteiger charge is -2.13. The van der Waals surface area contributed by atoms with Gasteiger partial charge in [-0.1, -0.05) is 74.4 Å². The van der Waals surface area contributed by atoms with Crippen LogP contribution in [-0.4, -0.2) is 19.6 Å². The highest BCUT2D eigenvalue weighted by atomic mass is 35.5. The second-order valence-corrected chi connectivity index (χ2v) is 8.07. The van der Waals surface area contributed by atoms with E-state index in [-0.39, 0.29) is 5.57 Å². The van der Waals surface area contributed by atoms with E-state index in [2.05, 4.69) is 12.2 Å². The van der Waals surface area contributed by atoms with Crippen LogP contribution in [0.5, 0.6) is 11.5 Å². The SMILES string of the molecule is CCCCCCCCOc1c(Cl)cc(/C=C(\C#N)C(=O)Nc2ccccc2Cl)cc1OC. The second kappa shape index (κ2) is 13.7. The molecule has 0 aliphatic rings. The largest absolute Gasteiger partial charge is 0.493 e. The average molecular weight is 475 g/mol. The summed E-state index contributed by atoms with van der Waals surface area (Å²) in [6.07, 6.45) is 8.40. The molecule has 0 bridgehead atoms. The monoisotopic (exact) mass is 474 g/mol. The van der Waals surface area contributed by atoms with Crippen LogP contribution in [0.3, 0.4) is 0 Å². The highest BCUT2D eigenvalue weighted by Gasteiger charge is 2.15. The number of hydrogen-bond donors (Lipinski definition) is 1. The Morgan fingerprint density at radius 2 is 1.81 bits per heavy atom. The maximum absolute atomic E-state index is 12.5. The van der Waals surface area contributed by atoms with Gasteiger partial charge < -0.3 is 14.8 Å². The molecule has 170 valence electrons. The van der Waals surface area contributed by atoms with Crippen molar-refractivity contribution in [1.29, 1.82) is 5.26 Å². The van der Waals surface area contributed by atoms with Crippen LogP contribution in [0.25, 0.3) is 6.08 Å². The van der Waals surface area contributed by atoms with Crippen molar-refractivity contribution in [2.24, 2.45) is 0 Å². The van der Waals surface area contributed by atoms with Gasteiger partial charge in [0.25, 0.3) is 5.91 Å². The molecule has 0 saturated carbocycles. The van der Waals surface area contributed by atoms with Crippen LogP contribution in [0.4, 0.5) is 5.69 Å². The fraction of sp³-hybridized carbons (Fsp3) is 0.360. The molecule has 32 heavy (non-hydrogen) atoms. The lowest BCUT2D eigenvalue weighted by atomic mass is 10.1. The Labute approximate surface area is 199 Å². The Morgan fingerprint density at radius 1 is 1.09 bits per heavy atom. The number of nitriles is 1. The van der Waals surface area contributed by atoms with E-state index in [0.717, 1.165) is 12.8 Å². The first-order valence-corrected chi connectivity index (χ1v) is 11.4. The van der Waals surface area contributed by atoms with E-state index >= 15 is 0 Å². The van der Waals surface area contributed by atoms with Gasteiger partial charge in [-0.2, -0.15) is 5.26 Å². The highest BCUT2D eigenvalue weighted by molar-refractivity contribution is 6.34. The summed E-state index contributed by atoms with van der Waals surface area (Å²) in [5.41, 5.74) is 0.878. The minimum absolute atomic E-state index is 0.0937. The van der Waals surface area contributed by atoms with Crippen LogP contribution in [-0.2, 0) is 4.79 Å². The van der Waals surface area contributed by atoms with Crippen LogP contribution in [0, 0.1) is 11.3 Å². The molecule has 0 fully saturated rings. The summed E-state index contributed by atoms with van der Waals surface area (Å²) in [6.45, 7) is 2.74. The van der Waals surface area contributed by atoms with Crippen molar-refractivity contribution in [2.75, 3.05) is 19.0 Å². The van der Waals surface area contributed by atoms with Crippen LogP contribution in [0.1, 0.15) is 51.0 Å². The minimum atomic E-state index is -0.570. The zero-order chi connectivity index (χ0) is 23.3. The number of carbonyl (C=O) groups excluding carboxylic acids is 1. The van der Waals surface area contributed by atoms with Crippen molar-refractivity contribution < 1.29 is 14.3 Å². The van der Waals surface area contributed by atoms with Crippen molar-refractivity contribution in [2.45, 2.75) is 45.4 Å². The van der Waals surface area contributed by atoms with E-state index < -0.39 is 5.91 Å². The Balaban J connectivity index is 2.09. The summed E-state index contributed by atoms with van der Waals surface area (Å²) in [5, 5.41) is 12.8. The van der Waals surface area contributed by atoms with Crippen molar-refractivity contribution in [3.63, 3.8) is 0 Å². The third-order valence-electron chi connectivity index (χ3n) is 4.79. The third-order valence-corrected chi connectivity index (χ3v) is 5.40. The van der Waals surface area contributed by atoms with Crippen LogP contribution in [0.15, 0.2) is 42.0 Å². The molecule has 2 aromatic carbocycles. The lowest BCUT2D eigenvalue weighted by Crippen LogP contribution is -2.13. The van der Waals surface area contributed by atoms with Crippen molar-refractivity contribution in [3.05, 3.63) is 57.6 Å². The molecule has 1 amide bonds. The predicted molar refractivity (Wildman–Crippen MR) is 131 cm³/mol. The smallest absolute Gasteiger partial charge is 0.266 e. The molecule has 0 aliphatic heterocycles. The average Bonchev–Trinajstić information content (AvgIpc) is 2.79. The van der Waals surface area contributed by atoms with Crippen LogP contribution >= 0.6 is 23.2 Å². The molecule has 0 aromatic heterocycles. The summed E-state index contributed by atoms with van der Waals surface area (Å²) in [6, 6.07) is 12.0. The number of benzene rings is 2. The molecule has 0 unspecified atom stereocenters. The summed E-state index contributed by atoms with van der Waals surface area (Å²) < 4.78 is 11.3. The second-order valence-electron chi connectivity index (χ2n) is 7.25. The van der Waals surface area contributed by atoms with E-state index in [4.69, 9.17) is 32.7 Å². The van der Waals surface area contributed by atoms with Gasteiger partial charge in [-0.25, -0.2) is 0 Å². The number of carbonyl (C=O) groups is 1. The summed E-state index contributed by atoms with van der Waals surface area (Å²) in [7, 11) is 1.52. The first kappa shape index (κ1) is 25.6. The Kier molecular flexibility index (Phi) is 10.9. The van der Waals surface area contributed by atoms with Gasteiger partial charge >= 0.3 is 0 Å². The standard InChI is InChI=1S/C25H28Cl2N2O3/c1-3-4-5-6-7-10-13-32-24-21(27)15-18(16-23(24)31-2)14-19(17-28)25(30)29-22-12-9-8-11-20(22)26/h8-9,11-12,14-16H,3-7,10,13H2,1-2H3,(H,29,30)/b19-14+. The van der Waals surface area contributed by atoms with E-state index in [1.165, 1.54) is 38.9 Å². The van der Waals surface area contributed by atoms with Crippen LogP contribution in [0.2, 0.25) is 10.0 Å². The summed E-state index contributed by atoms with van der Waals surface area (Å²) >= 11 is 12.5. The number of methoxy groups -OCH3 is 1. The summed E-state index contributed by atoms with van der Waals surface area (Å²) in [5.74, 6) is 0.330. The molecule has 0 radical (unpaired) electrons.